The van der Waals surface area contributed by atoms with Crippen molar-refractivity contribution in [2.45, 2.75) is 44.1 Å². The van der Waals surface area contributed by atoms with Crippen molar-refractivity contribution >= 4 is 0 Å². The Hall–Kier alpha value is -0.550. The molecule has 1 N–H and O–H groups in total. The maximum Gasteiger partial charge on any atom is 0.109 e. The third-order valence-electron chi connectivity index (χ3n) is 4.45. The van der Waals surface area contributed by atoms with E-state index in [-0.39, 0.29) is 5.54 Å². The zero-order chi connectivity index (χ0) is 9.60. The van der Waals surface area contributed by atoms with Crippen LogP contribution in [0.25, 0.3) is 0 Å². The zero-order valence-corrected chi connectivity index (χ0v) is 8.63. The molecule has 0 heterocycles. The molecule has 2 nitrogen and oxygen atoms in total. The van der Waals surface area contributed by atoms with Crippen LogP contribution < -0.4 is 5.32 Å². The van der Waals surface area contributed by atoms with Gasteiger partial charge in [0.15, 0.2) is 0 Å². The second-order valence-corrected chi connectivity index (χ2v) is 5.49. The fourth-order valence-corrected chi connectivity index (χ4v) is 3.37. The van der Waals surface area contributed by atoms with E-state index in [9.17, 15) is 5.26 Å². The Morgan fingerprint density at radius 2 is 2.14 bits per heavy atom. The lowest BCUT2D eigenvalue weighted by Gasteiger charge is -2.32. The van der Waals surface area contributed by atoms with Crippen molar-refractivity contribution in [3.8, 4) is 6.07 Å². The Bertz CT molecular complexity index is 277. The molecule has 3 rings (SSSR count). The molecule has 14 heavy (non-hydrogen) atoms. The van der Waals surface area contributed by atoms with E-state index in [0.717, 1.165) is 24.8 Å². The van der Waals surface area contributed by atoms with E-state index in [1.165, 1.54) is 32.1 Å². The summed E-state index contributed by atoms with van der Waals surface area (Å²) >= 11 is 0. The van der Waals surface area contributed by atoms with Crippen LogP contribution in [0.4, 0.5) is 0 Å². The second-order valence-electron chi connectivity index (χ2n) is 5.49. The monoisotopic (exact) mass is 190 g/mol. The number of nitrogens with zero attached hydrogens (tertiary/aromatic N) is 1. The second kappa shape index (κ2) is 2.97. The van der Waals surface area contributed by atoms with E-state index in [1.807, 2.05) is 0 Å². The van der Waals surface area contributed by atoms with Gasteiger partial charge in [-0.05, 0) is 62.8 Å². The lowest BCUT2D eigenvalue weighted by atomic mass is 9.82. The topological polar surface area (TPSA) is 35.8 Å². The van der Waals surface area contributed by atoms with E-state index >= 15 is 0 Å². The van der Waals surface area contributed by atoms with Crippen LogP contribution in [0.15, 0.2) is 0 Å². The van der Waals surface area contributed by atoms with Gasteiger partial charge >= 0.3 is 0 Å². The summed E-state index contributed by atoms with van der Waals surface area (Å²) in [6, 6.07) is 2.58. The maximum absolute atomic E-state index is 9.36. The van der Waals surface area contributed by atoms with Crippen molar-refractivity contribution in [2.24, 2.45) is 17.8 Å². The number of hydrogen-bond acceptors (Lipinski definition) is 2. The molecule has 2 heteroatoms. The highest BCUT2D eigenvalue weighted by Gasteiger charge is 2.51. The van der Waals surface area contributed by atoms with Crippen LogP contribution in [-0.2, 0) is 0 Å². The molecule has 0 amide bonds. The molecule has 3 atom stereocenters. The third-order valence-corrected chi connectivity index (χ3v) is 4.45. The summed E-state index contributed by atoms with van der Waals surface area (Å²) in [6.07, 6.45) is 7.85. The summed E-state index contributed by atoms with van der Waals surface area (Å²) in [4.78, 5) is 0. The standard InChI is InChI=1S/C12H18N2/c13-8-12(14-7-9-1-2-9)6-10-3-4-11(12)5-10/h9-11,14H,1-7H2. The molecule has 0 aromatic rings. The number of hydrogen-bond donors (Lipinski definition) is 1. The Kier molecular flexibility index (Phi) is 1.85. The minimum absolute atomic E-state index is 0.120. The SMILES string of the molecule is N#CC1(NCC2CC2)CC2CCC1C2. The average molecular weight is 190 g/mol. The third kappa shape index (κ3) is 1.26. The molecule has 0 radical (unpaired) electrons. The summed E-state index contributed by atoms with van der Waals surface area (Å²) in [7, 11) is 0. The lowest BCUT2D eigenvalue weighted by Crippen LogP contribution is -2.49. The number of rotatable bonds is 3. The van der Waals surface area contributed by atoms with E-state index in [1.54, 1.807) is 0 Å². The van der Waals surface area contributed by atoms with E-state index < -0.39 is 0 Å². The van der Waals surface area contributed by atoms with Crippen LogP contribution in [0.5, 0.6) is 0 Å². The zero-order valence-electron chi connectivity index (χ0n) is 8.63. The van der Waals surface area contributed by atoms with E-state index in [0.29, 0.717) is 5.92 Å². The Labute approximate surface area is 85.7 Å². The highest BCUT2D eigenvalue weighted by molar-refractivity contribution is 5.18. The van der Waals surface area contributed by atoms with E-state index in [2.05, 4.69) is 11.4 Å². The molecule has 0 aromatic carbocycles. The Morgan fingerprint density at radius 1 is 1.29 bits per heavy atom. The molecule has 3 aliphatic rings. The fraction of sp³-hybridized carbons (Fsp3) is 0.917. The summed E-state index contributed by atoms with van der Waals surface area (Å²) in [5.74, 6) is 2.40. The highest BCUT2D eigenvalue weighted by Crippen LogP contribution is 2.50. The summed E-state index contributed by atoms with van der Waals surface area (Å²) in [6.45, 7) is 1.09. The quantitative estimate of drug-likeness (QED) is 0.739. The smallest absolute Gasteiger partial charge is 0.109 e. The van der Waals surface area contributed by atoms with Gasteiger partial charge in [0.1, 0.15) is 5.54 Å². The molecule has 3 unspecified atom stereocenters. The van der Waals surface area contributed by atoms with Crippen LogP contribution in [-0.4, -0.2) is 12.1 Å². The molecule has 0 saturated heterocycles. The first kappa shape index (κ1) is 8.73. The summed E-state index contributed by atoms with van der Waals surface area (Å²) in [5, 5.41) is 12.9. The molecule has 3 saturated carbocycles. The first-order valence-electron chi connectivity index (χ1n) is 5.99. The predicted octanol–water partition coefficient (Wildman–Crippen LogP) is 2.07. The van der Waals surface area contributed by atoms with Crippen LogP contribution in [0.3, 0.4) is 0 Å². The van der Waals surface area contributed by atoms with Crippen molar-refractivity contribution in [1.29, 1.82) is 5.26 Å². The van der Waals surface area contributed by atoms with Crippen molar-refractivity contribution in [1.82, 2.24) is 5.32 Å². The van der Waals surface area contributed by atoms with Gasteiger partial charge in [-0.1, -0.05) is 0 Å². The van der Waals surface area contributed by atoms with Crippen LogP contribution in [0.2, 0.25) is 0 Å². The fourth-order valence-electron chi connectivity index (χ4n) is 3.37. The van der Waals surface area contributed by atoms with E-state index in [4.69, 9.17) is 0 Å². The number of fused-ring (bicyclic) bond motifs is 2. The molecule has 0 spiro atoms. The molecule has 0 aliphatic heterocycles. The van der Waals surface area contributed by atoms with Gasteiger partial charge in [-0.15, -0.1) is 0 Å². The molecule has 0 aromatic heterocycles. The predicted molar refractivity (Wildman–Crippen MR) is 54.5 cm³/mol. The first-order chi connectivity index (χ1) is 6.82. The number of nitrogens with one attached hydrogen (secondary N) is 1. The maximum atomic E-state index is 9.36. The van der Waals surface area contributed by atoms with Gasteiger partial charge in [0.05, 0.1) is 6.07 Å². The van der Waals surface area contributed by atoms with Crippen molar-refractivity contribution in [2.75, 3.05) is 6.54 Å². The largest absolute Gasteiger partial charge is 0.299 e. The normalized spacial score (nSPS) is 45.4. The summed E-state index contributed by atoms with van der Waals surface area (Å²) < 4.78 is 0. The van der Waals surface area contributed by atoms with Gasteiger partial charge in [0, 0.05) is 0 Å². The molecule has 3 fully saturated rings. The van der Waals surface area contributed by atoms with Gasteiger partial charge in [-0.2, -0.15) is 5.26 Å². The van der Waals surface area contributed by atoms with Crippen molar-refractivity contribution in [3.63, 3.8) is 0 Å². The number of nitriles is 1. The lowest BCUT2D eigenvalue weighted by molar-refractivity contribution is 0.272. The molecule has 3 aliphatic carbocycles. The van der Waals surface area contributed by atoms with Gasteiger partial charge < -0.3 is 0 Å². The van der Waals surface area contributed by atoms with Crippen LogP contribution >= 0.6 is 0 Å². The van der Waals surface area contributed by atoms with Crippen LogP contribution in [0, 0.1) is 29.1 Å². The Balaban J connectivity index is 1.68. The van der Waals surface area contributed by atoms with Crippen molar-refractivity contribution < 1.29 is 0 Å². The molecular weight excluding hydrogens is 172 g/mol. The van der Waals surface area contributed by atoms with Crippen LogP contribution in [0.1, 0.15) is 38.5 Å². The minimum atomic E-state index is -0.120. The molecular formula is C12H18N2. The van der Waals surface area contributed by atoms with Gasteiger partial charge in [0.2, 0.25) is 0 Å². The first-order valence-corrected chi connectivity index (χ1v) is 5.99. The highest BCUT2D eigenvalue weighted by atomic mass is 15.0. The molecule has 76 valence electrons. The van der Waals surface area contributed by atoms with Gasteiger partial charge in [0.25, 0.3) is 0 Å². The average Bonchev–Trinajstić information content (AvgIpc) is 2.84. The van der Waals surface area contributed by atoms with Gasteiger partial charge in [-0.25, -0.2) is 0 Å². The molecule has 2 bridgehead atoms. The van der Waals surface area contributed by atoms with Crippen molar-refractivity contribution in [3.05, 3.63) is 0 Å². The minimum Gasteiger partial charge on any atom is -0.299 e. The summed E-state index contributed by atoms with van der Waals surface area (Å²) in [5.41, 5.74) is -0.120. The Morgan fingerprint density at radius 3 is 2.64 bits per heavy atom. The van der Waals surface area contributed by atoms with Gasteiger partial charge in [-0.3, -0.25) is 5.32 Å².